The van der Waals surface area contributed by atoms with Gasteiger partial charge in [-0.2, -0.15) is 5.10 Å². The highest BCUT2D eigenvalue weighted by Crippen LogP contribution is 2.26. The van der Waals surface area contributed by atoms with Crippen LogP contribution in [0.3, 0.4) is 0 Å². The summed E-state index contributed by atoms with van der Waals surface area (Å²) in [6.45, 7) is 0. The molecule has 5 heteroatoms. The Morgan fingerprint density at radius 2 is 2.11 bits per heavy atom. The highest BCUT2D eigenvalue weighted by Gasteiger charge is 2.20. The Bertz CT molecular complexity index is 602. The maximum atomic E-state index is 12.1. The summed E-state index contributed by atoms with van der Waals surface area (Å²) >= 11 is 0. The van der Waals surface area contributed by atoms with Crippen molar-refractivity contribution >= 4 is 11.7 Å². The molecule has 1 aromatic heterocycles. The number of aryl methyl sites for hydroxylation is 1. The predicted octanol–water partition coefficient (Wildman–Crippen LogP) is 2.16. The van der Waals surface area contributed by atoms with E-state index in [1.807, 2.05) is 0 Å². The summed E-state index contributed by atoms with van der Waals surface area (Å²) in [6.07, 6.45) is 3.11. The lowest BCUT2D eigenvalue weighted by Crippen LogP contribution is -2.13. The zero-order valence-corrected chi connectivity index (χ0v) is 10.7. The smallest absolute Gasteiger partial charge is 0.256 e. The lowest BCUT2D eigenvalue weighted by molar-refractivity contribution is 0.102. The van der Waals surface area contributed by atoms with Crippen molar-refractivity contribution in [3.8, 4) is 5.75 Å². The predicted molar refractivity (Wildman–Crippen MR) is 71.6 cm³/mol. The van der Waals surface area contributed by atoms with Crippen LogP contribution >= 0.6 is 0 Å². The zero-order valence-electron chi connectivity index (χ0n) is 10.7. The van der Waals surface area contributed by atoms with E-state index in [0.29, 0.717) is 11.4 Å². The Morgan fingerprint density at radius 1 is 1.32 bits per heavy atom. The van der Waals surface area contributed by atoms with Gasteiger partial charge < -0.3 is 10.1 Å². The van der Waals surface area contributed by atoms with Gasteiger partial charge in [0, 0.05) is 16.8 Å². The van der Waals surface area contributed by atoms with Crippen LogP contribution in [0.5, 0.6) is 5.75 Å². The average Bonchev–Trinajstić information content (AvgIpc) is 3.04. The van der Waals surface area contributed by atoms with Gasteiger partial charge in [0.1, 0.15) is 5.75 Å². The molecule has 1 amide bonds. The standard InChI is InChI=1S/C14H15N3O2/c1-19-10-7-5-9(6-8-10)14(18)15-13-11-3-2-4-12(11)16-17-13/h5-8H,2-4H2,1H3,(H2,15,16,17,18). The molecule has 5 nitrogen and oxygen atoms in total. The van der Waals surface area contributed by atoms with Crippen molar-refractivity contribution < 1.29 is 9.53 Å². The largest absolute Gasteiger partial charge is 0.497 e. The lowest BCUT2D eigenvalue weighted by Gasteiger charge is -2.05. The zero-order chi connectivity index (χ0) is 13.2. The minimum absolute atomic E-state index is 0.149. The van der Waals surface area contributed by atoms with E-state index in [1.54, 1.807) is 31.4 Å². The molecule has 0 fully saturated rings. The van der Waals surface area contributed by atoms with Crippen LogP contribution < -0.4 is 10.1 Å². The molecule has 0 bridgehead atoms. The van der Waals surface area contributed by atoms with E-state index in [4.69, 9.17) is 4.74 Å². The summed E-state index contributed by atoms with van der Waals surface area (Å²) in [6, 6.07) is 7.01. The number of nitrogens with one attached hydrogen (secondary N) is 2. The Hall–Kier alpha value is -2.30. The molecule has 0 spiro atoms. The molecule has 19 heavy (non-hydrogen) atoms. The molecule has 0 atom stereocenters. The summed E-state index contributed by atoms with van der Waals surface area (Å²) in [7, 11) is 1.60. The highest BCUT2D eigenvalue weighted by molar-refractivity contribution is 6.04. The van der Waals surface area contributed by atoms with Crippen LogP contribution in [0.1, 0.15) is 28.0 Å². The van der Waals surface area contributed by atoms with Gasteiger partial charge in [0.2, 0.25) is 0 Å². The van der Waals surface area contributed by atoms with E-state index in [0.717, 1.165) is 36.3 Å². The normalized spacial score (nSPS) is 13.1. The molecule has 1 aromatic carbocycles. The number of aromatic nitrogens is 2. The molecule has 3 rings (SSSR count). The van der Waals surface area contributed by atoms with Gasteiger partial charge >= 0.3 is 0 Å². The minimum Gasteiger partial charge on any atom is -0.497 e. The maximum absolute atomic E-state index is 12.1. The number of amides is 1. The third-order valence-electron chi connectivity index (χ3n) is 3.39. The summed E-state index contributed by atoms with van der Waals surface area (Å²) in [5.74, 6) is 1.24. The number of nitrogens with zero attached hydrogens (tertiary/aromatic N) is 1. The fraction of sp³-hybridized carbons (Fsp3) is 0.286. The SMILES string of the molecule is COc1ccc(C(=O)Nc2n[nH]c3c2CCC3)cc1. The van der Waals surface area contributed by atoms with Crippen molar-refractivity contribution in [1.29, 1.82) is 0 Å². The first-order valence-corrected chi connectivity index (χ1v) is 6.29. The monoisotopic (exact) mass is 257 g/mol. The van der Waals surface area contributed by atoms with Gasteiger partial charge in [0.15, 0.2) is 5.82 Å². The summed E-state index contributed by atoms with van der Waals surface area (Å²) in [5.41, 5.74) is 2.88. The Balaban J connectivity index is 1.76. The Kier molecular flexibility index (Phi) is 2.95. The number of carbonyl (C=O) groups excluding carboxylic acids is 1. The lowest BCUT2D eigenvalue weighted by atomic mass is 10.2. The van der Waals surface area contributed by atoms with Crippen LogP contribution in [-0.2, 0) is 12.8 Å². The maximum Gasteiger partial charge on any atom is 0.256 e. The van der Waals surface area contributed by atoms with E-state index < -0.39 is 0 Å². The number of fused-ring (bicyclic) bond motifs is 1. The number of hydrogen-bond donors (Lipinski definition) is 2. The van der Waals surface area contributed by atoms with Crippen LogP contribution in [0.25, 0.3) is 0 Å². The molecule has 1 aliphatic rings. The van der Waals surface area contributed by atoms with Crippen molar-refractivity contribution in [2.75, 3.05) is 12.4 Å². The van der Waals surface area contributed by atoms with Gasteiger partial charge in [-0.3, -0.25) is 9.89 Å². The fourth-order valence-corrected chi connectivity index (χ4v) is 2.34. The van der Waals surface area contributed by atoms with E-state index in [-0.39, 0.29) is 5.91 Å². The van der Waals surface area contributed by atoms with Gasteiger partial charge in [0.25, 0.3) is 5.91 Å². The van der Waals surface area contributed by atoms with Crippen LogP contribution in [-0.4, -0.2) is 23.2 Å². The van der Waals surface area contributed by atoms with E-state index in [2.05, 4.69) is 15.5 Å². The number of anilines is 1. The van der Waals surface area contributed by atoms with Crippen molar-refractivity contribution in [2.24, 2.45) is 0 Å². The first-order valence-electron chi connectivity index (χ1n) is 6.29. The molecule has 1 heterocycles. The highest BCUT2D eigenvalue weighted by atomic mass is 16.5. The van der Waals surface area contributed by atoms with Crippen molar-refractivity contribution in [2.45, 2.75) is 19.3 Å². The van der Waals surface area contributed by atoms with Crippen molar-refractivity contribution in [1.82, 2.24) is 10.2 Å². The Morgan fingerprint density at radius 3 is 2.84 bits per heavy atom. The molecule has 98 valence electrons. The number of aromatic amines is 1. The number of benzene rings is 1. The van der Waals surface area contributed by atoms with Crippen LogP contribution in [0.2, 0.25) is 0 Å². The molecule has 0 saturated carbocycles. The molecular weight excluding hydrogens is 242 g/mol. The number of methoxy groups -OCH3 is 1. The second kappa shape index (κ2) is 4.76. The third-order valence-corrected chi connectivity index (χ3v) is 3.39. The molecule has 0 radical (unpaired) electrons. The van der Waals surface area contributed by atoms with Crippen molar-refractivity contribution in [3.05, 3.63) is 41.1 Å². The van der Waals surface area contributed by atoms with E-state index in [9.17, 15) is 4.79 Å². The second-order valence-electron chi connectivity index (χ2n) is 4.57. The molecular formula is C14H15N3O2. The number of rotatable bonds is 3. The summed E-state index contributed by atoms with van der Waals surface area (Å²) in [5, 5.41) is 9.99. The quantitative estimate of drug-likeness (QED) is 0.885. The number of H-pyrrole nitrogens is 1. The molecule has 1 aliphatic carbocycles. The molecule has 0 saturated heterocycles. The fourth-order valence-electron chi connectivity index (χ4n) is 2.34. The minimum atomic E-state index is -0.149. The average molecular weight is 257 g/mol. The van der Waals surface area contributed by atoms with Crippen LogP contribution in [0.15, 0.2) is 24.3 Å². The molecule has 0 unspecified atom stereocenters. The first-order chi connectivity index (χ1) is 9.28. The van der Waals surface area contributed by atoms with E-state index in [1.165, 1.54) is 0 Å². The van der Waals surface area contributed by atoms with Gasteiger partial charge in [-0.15, -0.1) is 0 Å². The molecule has 0 aliphatic heterocycles. The third kappa shape index (κ3) is 2.19. The Labute approximate surface area is 111 Å². The number of ether oxygens (including phenoxy) is 1. The van der Waals surface area contributed by atoms with Gasteiger partial charge in [-0.25, -0.2) is 0 Å². The van der Waals surface area contributed by atoms with Crippen LogP contribution in [0, 0.1) is 0 Å². The summed E-state index contributed by atoms with van der Waals surface area (Å²) in [4.78, 5) is 12.1. The molecule has 2 N–H and O–H groups in total. The van der Waals surface area contributed by atoms with Gasteiger partial charge in [-0.05, 0) is 43.5 Å². The number of hydrogen-bond acceptors (Lipinski definition) is 3. The topological polar surface area (TPSA) is 67.0 Å². The van der Waals surface area contributed by atoms with Crippen molar-refractivity contribution in [3.63, 3.8) is 0 Å². The summed E-state index contributed by atoms with van der Waals surface area (Å²) < 4.78 is 5.07. The number of carbonyl (C=O) groups is 1. The van der Waals surface area contributed by atoms with Gasteiger partial charge in [0.05, 0.1) is 7.11 Å². The van der Waals surface area contributed by atoms with E-state index >= 15 is 0 Å². The molecule has 2 aromatic rings. The van der Waals surface area contributed by atoms with Crippen LogP contribution in [0.4, 0.5) is 5.82 Å². The second-order valence-corrected chi connectivity index (χ2v) is 4.57. The first kappa shape index (κ1) is 11.8. The van der Waals surface area contributed by atoms with Gasteiger partial charge in [-0.1, -0.05) is 0 Å².